The van der Waals surface area contributed by atoms with E-state index in [4.69, 9.17) is 5.11 Å². The molecule has 3 rings (SSSR count). The molecule has 6 heteroatoms. The number of nitrogens with one attached hydrogen (secondary N) is 2. The molecule has 1 aromatic heterocycles. The van der Waals surface area contributed by atoms with E-state index < -0.39 is 5.97 Å². The molecule has 1 amide bonds. The molecular weight excluding hydrogens is 294 g/mol. The first kappa shape index (κ1) is 14.8. The van der Waals surface area contributed by atoms with Gasteiger partial charge in [0.05, 0.1) is 23.1 Å². The lowest BCUT2D eigenvalue weighted by atomic mass is 10.1. The lowest BCUT2D eigenvalue weighted by Gasteiger charge is -2.08. The van der Waals surface area contributed by atoms with Crippen molar-refractivity contribution in [2.24, 2.45) is 0 Å². The average Bonchev–Trinajstić information content (AvgIpc) is 2.97. The summed E-state index contributed by atoms with van der Waals surface area (Å²) >= 11 is 0. The van der Waals surface area contributed by atoms with Crippen molar-refractivity contribution in [1.82, 2.24) is 9.97 Å². The highest BCUT2D eigenvalue weighted by Gasteiger charge is 2.12. The van der Waals surface area contributed by atoms with E-state index in [2.05, 4.69) is 15.3 Å². The van der Waals surface area contributed by atoms with Crippen molar-refractivity contribution in [3.63, 3.8) is 0 Å². The molecule has 0 bridgehead atoms. The topological polar surface area (TPSA) is 95.1 Å². The number of rotatable bonds is 5. The Morgan fingerprint density at radius 2 is 1.78 bits per heavy atom. The van der Waals surface area contributed by atoms with Crippen molar-refractivity contribution >= 4 is 28.6 Å². The number of carboxylic acids is 1. The number of amides is 1. The lowest BCUT2D eigenvalue weighted by molar-refractivity contribution is -0.138. The lowest BCUT2D eigenvalue weighted by Crippen LogP contribution is -2.13. The van der Waals surface area contributed by atoms with Gasteiger partial charge in [0.2, 0.25) is 5.91 Å². The normalized spacial score (nSPS) is 10.6. The molecule has 0 aliphatic rings. The van der Waals surface area contributed by atoms with Gasteiger partial charge in [0.25, 0.3) is 0 Å². The molecule has 0 saturated carbocycles. The number of aromatic amines is 1. The van der Waals surface area contributed by atoms with Gasteiger partial charge in [-0.2, -0.15) is 0 Å². The quantitative estimate of drug-likeness (QED) is 0.675. The third-order valence-electron chi connectivity index (χ3n) is 3.41. The Kier molecular flexibility index (Phi) is 4.05. The monoisotopic (exact) mass is 309 g/mol. The van der Waals surface area contributed by atoms with Crippen molar-refractivity contribution in [3.05, 3.63) is 48.5 Å². The molecule has 0 spiro atoms. The van der Waals surface area contributed by atoms with Gasteiger partial charge in [0, 0.05) is 12.0 Å². The summed E-state index contributed by atoms with van der Waals surface area (Å²) in [6.45, 7) is 0. The Balaban J connectivity index is 1.88. The van der Waals surface area contributed by atoms with E-state index in [-0.39, 0.29) is 18.7 Å². The number of fused-ring (bicyclic) bond motifs is 1. The van der Waals surface area contributed by atoms with Crippen molar-refractivity contribution in [2.75, 3.05) is 5.32 Å². The fourth-order valence-corrected chi connectivity index (χ4v) is 2.31. The molecular formula is C17H15N3O3. The first-order valence-corrected chi connectivity index (χ1v) is 7.19. The predicted octanol–water partition coefficient (Wildman–Crippen LogP) is 3.03. The molecule has 1 heterocycles. The highest BCUT2D eigenvalue weighted by atomic mass is 16.4. The zero-order valence-corrected chi connectivity index (χ0v) is 12.2. The van der Waals surface area contributed by atoms with Gasteiger partial charge >= 0.3 is 5.97 Å². The van der Waals surface area contributed by atoms with Crippen LogP contribution in [0.5, 0.6) is 0 Å². The Bertz CT molecular complexity index is 837. The van der Waals surface area contributed by atoms with Crippen molar-refractivity contribution in [3.8, 4) is 11.4 Å². The molecule has 116 valence electrons. The minimum atomic E-state index is -0.995. The first-order valence-electron chi connectivity index (χ1n) is 7.19. The largest absolute Gasteiger partial charge is 0.481 e. The first-order chi connectivity index (χ1) is 11.1. The fourth-order valence-electron chi connectivity index (χ4n) is 2.31. The van der Waals surface area contributed by atoms with Crippen LogP contribution in [0.2, 0.25) is 0 Å². The van der Waals surface area contributed by atoms with Crippen LogP contribution in [-0.4, -0.2) is 27.0 Å². The van der Waals surface area contributed by atoms with Gasteiger partial charge in [-0.1, -0.05) is 24.3 Å². The molecule has 0 atom stereocenters. The van der Waals surface area contributed by atoms with Crippen LogP contribution >= 0.6 is 0 Å². The second-order valence-electron chi connectivity index (χ2n) is 5.09. The van der Waals surface area contributed by atoms with Crippen LogP contribution in [0.3, 0.4) is 0 Å². The number of anilines is 1. The number of H-pyrrole nitrogens is 1. The van der Waals surface area contributed by atoms with Gasteiger partial charge in [-0.25, -0.2) is 4.98 Å². The second kappa shape index (κ2) is 6.31. The summed E-state index contributed by atoms with van der Waals surface area (Å²) in [7, 11) is 0. The van der Waals surface area contributed by atoms with Gasteiger partial charge in [0.1, 0.15) is 5.82 Å². The Morgan fingerprint density at radius 3 is 2.57 bits per heavy atom. The fraction of sp³-hybridized carbons (Fsp3) is 0.118. The molecule has 3 N–H and O–H groups in total. The molecule has 23 heavy (non-hydrogen) atoms. The van der Waals surface area contributed by atoms with Gasteiger partial charge < -0.3 is 15.4 Å². The summed E-state index contributed by atoms with van der Waals surface area (Å²) in [4.78, 5) is 30.2. The van der Waals surface area contributed by atoms with E-state index in [1.807, 2.05) is 36.4 Å². The molecule has 3 aromatic rings. The Hall–Kier alpha value is -3.15. The minimum absolute atomic E-state index is 0.0657. The number of carboxylic acid groups (broad SMARTS) is 1. The van der Waals surface area contributed by atoms with Gasteiger partial charge in [-0.3, -0.25) is 9.59 Å². The number of imidazole rings is 1. The average molecular weight is 309 g/mol. The summed E-state index contributed by atoms with van der Waals surface area (Å²) in [6.07, 6.45) is -0.261. The zero-order valence-electron chi connectivity index (χ0n) is 12.2. The molecule has 0 unspecified atom stereocenters. The van der Waals surface area contributed by atoms with Crippen LogP contribution in [0.4, 0.5) is 5.69 Å². The number of hydrogen-bond donors (Lipinski definition) is 3. The van der Waals surface area contributed by atoms with Crippen LogP contribution in [0, 0.1) is 0 Å². The zero-order chi connectivity index (χ0) is 16.2. The number of nitrogens with zero attached hydrogens (tertiary/aromatic N) is 1. The van der Waals surface area contributed by atoms with Gasteiger partial charge in [0.15, 0.2) is 0 Å². The third-order valence-corrected chi connectivity index (χ3v) is 3.41. The van der Waals surface area contributed by atoms with Crippen LogP contribution in [0.15, 0.2) is 48.5 Å². The maximum Gasteiger partial charge on any atom is 0.303 e. The summed E-state index contributed by atoms with van der Waals surface area (Å²) in [6, 6.07) is 14.9. The van der Waals surface area contributed by atoms with Crippen LogP contribution in [-0.2, 0) is 9.59 Å². The summed E-state index contributed by atoms with van der Waals surface area (Å²) < 4.78 is 0. The van der Waals surface area contributed by atoms with E-state index in [9.17, 15) is 9.59 Å². The third kappa shape index (κ3) is 3.37. The molecule has 0 fully saturated rings. The number of carbonyl (C=O) groups excluding carboxylic acids is 1. The molecule has 0 aliphatic heterocycles. The molecule has 6 nitrogen and oxygen atoms in total. The SMILES string of the molecule is O=C(O)CCC(=O)Nc1ccccc1-c1nc2ccccc2[nH]1. The number of aliphatic carboxylic acids is 1. The Labute approximate surface area is 132 Å². The number of carbonyl (C=O) groups is 2. The van der Waals surface area contributed by atoms with E-state index >= 15 is 0 Å². The van der Waals surface area contributed by atoms with Crippen LogP contribution in [0.25, 0.3) is 22.4 Å². The van der Waals surface area contributed by atoms with Crippen LogP contribution in [0.1, 0.15) is 12.8 Å². The molecule has 2 aromatic carbocycles. The highest BCUT2D eigenvalue weighted by Crippen LogP contribution is 2.27. The van der Waals surface area contributed by atoms with Crippen LogP contribution < -0.4 is 5.32 Å². The number of para-hydroxylation sites is 3. The molecule has 0 radical (unpaired) electrons. The summed E-state index contributed by atoms with van der Waals surface area (Å²) in [5, 5.41) is 11.4. The van der Waals surface area contributed by atoms with Crippen molar-refractivity contribution < 1.29 is 14.7 Å². The second-order valence-corrected chi connectivity index (χ2v) is 5.09. The van der Waals surface area contributed by atoms with Gasteiger partial charge in [-0.05, 0) is 24.3 Å². The maximum atomic E-state index is 11.9. The smallest absolute Gasteiger partial charge is 0.303 e. The van der Waals surface area contributed by atoms with Crippen molar-refractivity contribution in [1.29, 1.82) is 0 Å². The standard InChI is InChI=1S/C17H15N3O3/c21-15(9-10-16(22)23)18-12-6-2-1-5-11(12)17-19-13-7-3-4-8-14(13)20-17/h1-8H,9-10H2,(H,18,21)(H,19,20)(H,22,23). The number of aromatic nitrogens is 2. The number of hydrogen-bond acceptors (Lipinski definition) is 3. The minimum Gasteiger partial charge on any atom is -0.481 e. The Morgan fingerprint density at radius 1 is 1.04 bits per heavy atom. The summed E-state index contributed by atoms with van der Waals surface area (Å²) in [5.74, 6) is -0.679. The van der Waals surface area contributed by atoms with E-state index in [0.717, 1.165) is 16.6 Å². The van der Waals surface area contributed by atoms with E-state index in [1.54, 1.807) is 12.1 Å². The predicted molar refractivity (Wildman–Crippen MR) is 87.0 cm³/mol. The van der Waals surface area contributed by atoms with Gasteiger partial charge in [-0.15, -0.1) is 0 Å². The maximum absolute atomic E-state index is 11.9. The van der Waals surface area contributed by atoms with Crippen molar-refractivity contribution in [2.45, 2.75) is 12.8 Å². The molecule has 0 aliphatic carbocycles. The molecule has 0 saturated heterocycles. The van der Waals surface area contributed by atoms with E-state index in [0.29, 0.717) is 11.5 Å². The van der Waals surface area contributed by atoms with E-state index in [1.165, 1.54) is 0 Å². The number of benzene rings is 2. The summed E-state index contributed by atoms with van der Waals surface area (Å²) in [5.41, 5.74) is 3.11. The highest BCUT2D eigenvalue weighted by molar-refractivity contribution is 5.96.